The van der Waals surface area contributed by atoms with Crippen LogP contribution in [-0.2, 0) is 14.8 Å². The Morgan fingerprint density at radius 1 is 1.27 bits per heavy atom. The van der Waals surface area contributed by atoms with Crippen LogP contribution in [0.4, 0.5) is 15.6 Å². The Balaban J connectivity index is 2.33. The molecule has 0 radical (unpaired) electrons. The van der Waals surface area contributed by atoms with Crippen LogP contribution in [0.1, 0.15) is 26.3 Å². The highest BCUT2D eigenvalue weighted by atomic mass is 32.2. The molecule has 0 saturated carbocycles. The van der Waals surface area contributed by atoms with E-state index in [2.05, 4.69) is 15.5 Å². The lowest BCUT2D eigenvalue weighted by atomic mass is 10.2. The number of anilines is 2. The number of benzene rings is 1. The summed E-state index contributed by atoms with van der Waals surface area (Å²) in [5.41, 5.74) is 1.59. The predicted octanol–water partition coefficient (Wildman–Crippen LogP) is 3.27. The lowest BCUT2D eigenvalue weighted by Crippen LogP contribution is -2.34. The van der Waals surface area contributed by atoms with Gasteiger partial charge in [0.15, 0.2) is 0 Å². The average Bonchev–Trinajstić information content (AvgIpc) is 3.03. The van der Waals surface area contributed by atoms with Crippen molar-refractivity contribution in [3.63, 3.8) is 0 Å². The molecule has 0 fully saturated rings. The third-order valence-electron chi connectivity index (χ3n) is 3.25. The Hall–Kier alpha value is -2.20. The van der Waals surface area contributed by atoms with E-state index in [1.54, 1.807) is 19.1 Å². The van der Waals surface area contributed by atoms with Gasteiger partial charge in [-0.1, -0.05) is 42.9 Å². The van der Waals surface area contributed by atoms with E-state index in [0.29, 0.717) is 12.2 Å². The van der Waals surface area contributed by atoms with E-state index in [1.807, 2.05) is 32.9 Å². The number of aromatic nitrogens is 2. The van der Waals surface area contributed by atoms with Gasteiger partial charge in [0.25, 0.3) is 14.4 Å². The minimum absolute atomic E-state index is 0.0652. The van der Waals surface area contributed by atoms with E-state index in [4.69, 9.17) is 4.74 Å². The van der Waals surface area contributed by atoms with Crippen LogP contribution in [0.3, 0.4) is 0 Å². The fourth-order valence-electron chi connectivity index (χ4n) is 2.10. The molecule has 1 amide bonds. The molecule has 1 aromatic heterocycles. The number of aryl methyl sites for hydroxylation is 1. The van der Waals surface area contributed by atoms with E-state index < -0.39 is 16.1 Å². The van der Waals surface area contributed by atoms with Crippen LogP contribution < -0.4 is 9.62 Å². The van der Waals surface area contributed by atoms with Gasteiger partial charge in [-0.2, -0.15) is 8.42 Å². The number of amides is 1. The van der Waals surface area contributed by atoms with Gasteiger partial charge in [0.1, 0.15) is 0 Å². The van der Waals surface area contributed by atoms with E-state index in [0.717, 1.165) is 16.9 Å². The number of ether oxygens (including phenoxy) is 1. The number of carbonyl (C=O) groups is 1. The first-order valence-corrected chi connectivity index (χ1v) is 10.4. The van der Waals surface area contributed by atoms with E-state index in [1.165, 1.54) is 4.31 Å². The second-order valence-corrected chi connectivity index (χ2v) is 9.00. The van der Waals surface area contributed by atoms with Crippen molar-refractivity contribution in [2.45, 2.75) is 32.0 Å². The van der Waals surface area contributed by atoms with Crippen molar-refractivity contribution in [3.8, 4) is 0 Å². The summed E-state index contributed by atoms with van der Waals surface area (Å²) in [6.45, 7) is 7.97. The van der Waals surface area contributed by atoms with Crippen molar-refractivity contribution in [2.24, 2.45) is 5.92 Å². The van der Waals surface area contributed by atoms with Crippen LogP contribution >= 0.6 is 11.3 Å². The molecule has 26 heavy (non-hydrogen) atoms. The van der Waals surface area contributed by atoms with E-state index >= 15 is 0 Å². The summed E-state index contributed by atoms with van der Waals surface area (Å²) in [6.07, 6.45) is -0.704. The van der Waals surface area contributed by atoms with Crippen LogP contribution in [0.25, 0.3) is 0 Å². The lowest BCUT2D eigenvalue weighted by Gasteiger charge is -2.24. The van der Waals surface area contributed by atoms with Crippen LogP contribution in [0.5, 0.6) is 0 Å². The molecule has 1 heterocycles. The normalized spacial score (nSPS) is 11.4. The SMILES string of the molecule is CCOC(=O)Nc1nnc(S(=O)(=O)N(CC(C)C)c2ccc(C)cc2)s1. The molecule has 0 aliphatic heterocycles. The Labute approximate surface area is 157 Å². The number of nitrogens with zero attached hydrogens (tertiary/aromatic N) is 3. The maximum absolute atomic E-state index is 13.1. The van der Waals surface area contributed by atoms with Crippen LogP contribution in [0.15, 0.2) is 28.6 Å². The van der Waals surface area contributed by atoms with Crippen LogP contribution in [0, 0.1) is 12.8 Å². The molecule has 1 N–H and O–H groups in total. The molecule has 142 valence electrons. The fourth-order valence-corrected chi connectivity index (χ4v) is 4.72. The average molecular weight is 399 g/mol. The minimum Gasteiger partial charge on any atom is -0.450 e. The van der Waals surface area contributed by atoms with Gasteiger partial charge in [0.2, 0.25) is 5.13 Å². The second-order valence-electron chi connectivity index (χ2n) is 5.98. The number of nitrogens with one attached hydrogen (secondary N) is 1. The van der Waals surface area contributed by atoms with Gasteiger partial charge >= 0.3 is 6.09 Å². The molecule has 0 aliphatic rings. The first-order chi connectivity index (χ1) is 12.2. The molecule has 8 nitrogen and oxygen atoms in total. The van der Waals surface area contributed by atoms with Crippen molar-refractivity contribution in [1.82, 2.24) is 10.2 Å². The molecular formula is C16H22N4O4S2. The Morgan fingerprint density at radius 3 is 2.50 bits per heavy atom. The lowest BCUT2D eigenvalue weighted by molar-refractivity contribution is 0.168. The number of carbonyl (C=O) groups excluding carboxylic acids is 1. The van der Waals surface area contributed by atoms with Gasteiger partial charge in [0, 0.05) is 6.54 Å². The Morgan fingerprint density at radius 2 is 1.92 bits per heavy atom. The first kappa shape index (κ1) is 20.1. The summed E-state index contributed by atoms with van der Waals surface area (Å²) in [6, 6.07) is 7.22. The minimum atomic E-state index is -3.90. The largest absolute Gasteiger partial charge is 0.450 e. The summed E-state index contributed by atoms with van der Waals surface area (Å²) in [4.78, 5) is 11.4. The molecule has 0 spiro atoms. The highest BCUT2D eigenvalue weighted by Gasteiger charge is 2.30. The molecule has 10 heteroatoms. The van der Waals surface area contributed by atoms with Crippen molar-refractivity contribution in [3.05, 3.63) is 29.8 Å². The topological polar surface area (TPSA) is 101 Å². The van der Waals surface area contributed by atoms with Gasteiger partial charge < -0.3 is 4.74 Å². The van der Waals surface area contributed by atoms with Gasteiger partial charge in [-0.05, 0) is 31.9 Å². The molecule has 1 aromatic carbocycles. The maximum atomic E-state index is 13.1. The standard InChI is InChI=1S/C16H22N4O4S2/c1-5-24-15(21)17-14-18-19-16(25-14)26(22,23)20(10-11(2)3)13-8-6-12(4)7-9-13/h6-9,11H,5,10H2,1-4H3,(H,17,18,21). The van der Waals surface area contributed by atoms with Crippen molar-refractivity contribution < 1.29 is 17.9 Å². The van der Waals surface area contributed by atoms with Crippen molar-refractivity contribution in [2.75, 3.05) is 22.8 Å². The molecule has 2 rings (SSSR count). The Kier molecular flexibility index (Phi) is 6.54. The number of rotatable bonds is 7. The molecule has 0 bridgehead atoms. The third kappa shape index (κ3) is 4.92. The molecule has 0 unspecified atom stereocenters. The van der Waals surface area contributed by atoms with Gasteiger partial charge in [-0.3, -0.25) is 9.62 Å². The summed E-state index contributed by atoms with van der Waals surface area (Å²) in [5, 5.41) is 9.89. The van der Waals surface area contributed by atoms with Gasteiger partial charge in [-0.15, -0.1) is 10.2 Å². The predicted molar refractivity (Wildman–Crippen MR) is 101 cm³/mol. The number of sulfonamides is 1. The summed E-state index contributed by atoms with van der Waals surface area (Å²) in [7, 11) is -3.90. The van der Waals surface area contributed by atoms with Crippen LogP contribution in [0.2, 0.25) is 0 Å². The summed E-state index contributed by atoms with van der Waals surface area (Å²) >= 11 is 0.783. The second kappa shape index (κ2) is 8.45. The quantitative estimate of drug-likeness (QED) is 0.718. The summed E-state index contributed by atoms with van der Waals surface area (Å²) in [5.74, 6) is 0.108. The maximum Gasteiger partial charge on any atom is 0.413 e. The number of hydrogen-bond acceptors (Lipinski definition) is 7. The fraction of sp³-hybridized carbons (Fsp3) is 0.438. The molecule has 0 atom stereocenters. The third-order valence-corrected chi connectivity index (χ3v) is 6.23. The van der Waals surface area contributed by atoms with Gasteiger partial charge in [-0.25, -0.2) is 4.79 Å². The molecular weight excluding hydrogens is 376 g/mol. The monoisotopic (exact) mass is 398 g/mol. The van der Waals surface area contributed by atoms with Crippen LogP contribution in [-0.4, -0.2) is 37.9 Å². The van der Waals surface area contributed by atoms with E-state index in [-0.39, 0.29) is 22.0 Å². The smallest absolute Gasteiger partial charge is 0.413 e. The Bertz CT molecular complexity index is 847. The molecule has 2 aromatic rings. The van der Waals surface area contributed by atoms with Gasteiger partial charge in [0.05, 0.1) is 12.3 Å². The zero-order valence-electron chi connectivity index (χ0n) is 15.1. The zero-order valence-corrected chi connectivity index (χ0v) is 16.7. The zero-order chi connectivity index (χ0) is 19.3. The van der Waals surface area contributed by atoms with Crippen molar-refractivity contribution >= 4 is 38.3 Å². The van der Waals surface area contributed by atoms with E-state index in [9.17, 15) is 13.2 Å². The van der Waals surface area contributed by atoms with Crippen molar-refractivity contribution in [1.29, 1.82) is 0 Å². The highest BCUT2D eigenvalue weighted by Crippen LogP contribution is 2.28. The molecule has 0 aliphatic carbocycles. The molecule has 0 saturated heterocycles. The first-order valence-electron chi connectivity index (χ1n) is 8.10. The highest BCUT2D eigenvalue weighted by molar-refractivity contribution is 7.94. The summed E-state index contributed by atoms with van der Waals surface area (Å²) < 4.78 is 32.0. The number of hydrogen-bond donors (Lipinski definition) is 1.